The quantitative estimate of drug-likeness (QED) is 0.710. The second kappa shape index (κ2) is 6.83. The summed E-state index contributed by atoms with van der Waals surface area (Å²) < 4.78 is 5.20. The third-order valence-corrected chi connectivity index (χ3v) is 2.82. The van der Waals surface area contributed by atoms with Gasteiger partial charge in [0.2, 0.25) is 0 Å². The lowest BCUT2D eigenvalue weighted by Gasteiger charge is -2.22. The highest BCUT2D eigenvalue weighted by molar-refractivity contribution is 5.69. The van der Waals surface area contributed by atoms with Crippen molar-refractivity contribution in [2.24, 2.45) is 11.8 Å². The zero-order valence-electron chi connectivity index (χ0n) is 9.92. The second-order valence-corrected chi connectivity index (χ2v) is 4.80. The van der Waals surface area contributed by atoms with Crippen molar-refractivity contribution in [2.45, 2.75) is 39.5 Å². The maximum Gasteiger partial charge on any atom is 0.306 e. The molecule has 0 spiro atoms. The van der Waals surface area contributed by atoms with Crippen LogP contribution in [0.5, 0.6) is 0 Å². The average molecular weight is 213 g/mol. The molecule has 1 aliphatic rings. The van der Waals surface area contributed by atoms with Gasteiger partial charge in [0, 0.05) is 6.42 Å². The first kappa shape index (κ1) is 12.5. The molecule has 0 saturated carbocycles. The van der Waals surface area contributed by atoms with E-state index in [-0.39, 0.29) is 5.97 Å². The van der Waals surface area contributed by atoms with E-state index in [0.29, 0.717) is 18.9 Å². The molecule has 3 heteroatoms. The van der Waals surface area contributed by atoms with Gasteiger partial charge in [-0.3, -0.25) is 4.79 Å². The van der Waals surface area contributed by atoms with Crippen LogP contribution >= 0.6 is 0 Å². The Bertz CT molecular complexity index is 186. The smallest absolute Gasteiger partial charge is 0.306 e. The van der Waals surface area contributed by atoms with E-state index in [1.54, 1.807) is 0 Å². The van der Waals surface area contributed by atoms with E-state index < -0.39 is 0 Å². The van der Waals surface area contributed by atoms with Gasteiger partial charge in [0.1, 0.15) is 0 Å². The minimum Gasteiger partial charge on any atom is -0.466 e. The molecule has 0 aliphatic carbocycles. The lowest BCUT2D eigenvalue weighted by molar-refractivity contribution is -0.144. The largest absolute Gasteiger partial charge is 0.466 e. The fraction of sp³-hybridized carbons (Fsp3) is 0.917. The molecule has 15 heavy (non-hydrogen) atoms. The van der Waals surface area contributed by atoms with Crippen molar-refractivity contribution in [3.8, 4) is 0 Å². The van der Waals surface area contributed by atoms with Crippen molar-refractivity contribution in [3.05, 3.63) is 0 Å². The lowest BCUT2D eigenvalue weighted by Crippen LogP contribution is -2.28. The molecular formula is C12H23NO2. The first-order valence-corrected chi connectivity index (χ1v) is 6.05. The molecule has 1 saturated heterocycles. The SMILES string of the molecule is CC(C)CC(=O)OCCC1CCNCC1. The summed E-state index contributed by atoms with van der Waals surface area (Å²) in [5, 5.41) is 3.33. The highest BCUT2D eigenvalue weighted by Gasteiger charge is 2.13. The molecule has 1 heterocycles. The summed E-state index contributed by atoms with van der Waals surface area (Å²) in [4.78, 5) is 11.3. The van der Waals surface area contributed by atoms with Gasteiger partial charge in [0.15, 0.2) is 0 Å². The molecule has 0 unspecified atom stereocenters. The summed E-state index contributed by atoms with van der Waals surface area (Å²) in [6.45, 7) is 6.91. The summed E-state index contributed by atoms with van der Waals surface area (Å²) in [7, 11) is 0. The van der Waals surface area contributed by atoms with Crippen LogP contribution in [0.15, 0.2) is 0 Å². The number of piperidine rings is 1. The Balaban J connectivity index is 2.02. The summed E-state index contributed by atoms with van der Waals surface area (Å²) in [6.07, 6.45) is 4.03. The monoisotopic (exact) mass is 213 g/mol. The van der Waals surface area contributed by atoms with Crippen molar-refractivity contribution in [1.29, 1.82) is 0 Å². The van der Waals surface area contributed by atoms with Crippen molar-refractivity contribution in [2.75, 3.05) is 19.7 Å². The van der Waals surface area contributed by atoms with E-state index in [4.69, 9.17) is 4.74 Å². The van der Waals surface area contributed by atoms with E-state index in [1.807, 2.05) is 13.8 Å². The first-order valence-electron chi connectivity index (χ1n) is 6.05. The van der Waals surface area contributed by atoms with Crippen molar-refractivity contribution in [3.63, 3.8) is 0 Å². The van der Waals surface area contributed by atoms with Crippen LogP contribution in [0.4, 0.5) is 0 Å². The molecule has 1 aliphatic heterocycles. The first-order chi connectivity index (χ1) is 7.18. The van der Waals surface area contributed by atoms with E-state index in [2.05, 4.69) is 5.32 Å². The second-order valence-electron chi connectivity index (χ2n) is 4.80. The molecule has 0 aromatic rings. The number of carbonyl (C=O) groups is 1. The van der Waals surface area contributed by atoms with Crippen LogP contribution in [0, 0.1) is 11.8 Å². The fourth-order valence-corrected chi connectivity index (χ4v) is 1.90. The zero-order chi connectivity index (χ0) is 11.1. The normalized spacial score (nSPS) is 18.1. The Morgan fingerprint density at radius 2 is 2.07 bits per heavy atom. The maximum atomic E-state index is 11.3. The molecule has 0 radical (unpaired) electrons. The summed E-state index contributed by atoms with van der Waals surface area (Å²) in [6, 6.07) is 0. The van der Waals surface area contributed by atoms with Crippen LogP contribution in [-0.4, -0.2) is 25.7 Å². The van der Waals surface area contributed by atoms with Crippen molar-refractivity contribution in [1.82, 2.24) is 5.32 Å². The van der Waals surface area contributed by atoms with Crippen LogP contribution in [0.2, 0.25) is 0 Å². The summed E-state index contributed by atoms with van der Waals surface area (Å²) >= 11 is 0. The predicted octanol–water partition coefficient (Wildman–Crippen LogP) is 1.97. The van der Waals surface area contributed by atoms with Gasteiger partial charge in [0.05, 0.1) is 6.61 Å². The van der Waals surface area contributed by atoms with Crippen LogP contribution in [-0.2, 0) is 9.53 Å². The van der Waals surface area contributed by atoms with E-state index in [0.717, 1.165) is 25.4 Å². The topological polar surface area (TPSA) is 38.3 Å². The molecule has 1 N–H and O–H groups in total. The number of hydrogen-bond donors (Lipinski definition) is 1. The van der Waals surface area contributed by atoms with Gasteiger partial charge < -0.3 is 10.1 Å². The van der Waals surface area contributed by atoms with Gasteiger partial charge in [-0.15, -0.1) is 0 Å². The molecule has 0 atom stereocenters. The molecule has 0 amide bonds. The Morgan fingerprint density at radius 3 is 2.67 bits per heavy atom. The highest BCUT2D eigenvalue weighted by Crippen LogP contribution is 2.15. The summed E-state index contributed by atoms with van der Waals surface area (Å²) in [5.74, 6) is 1.11. The molecule has 3 nitrogen and oxygen atoms in total. The minimum absolute atomic E-state index is 0.0427. The number of nitrogens with one attached hydrogen (secondary N) is 1. The number of rotatable bonds is 5. The Morgan fingerprint density at radius 1 is 1.40 bits per heavy atom. The molecule has 0 aromatic heterocycles. The predicted molar refractivity (Wildman–Crippen MR) is 60.6 cm³/mol. The molecule has 1 rings (SSSR count). The Hall–Kier alpha value is -0.570. The Labute approximate surface area is 92.6 Å². The van der Waals surface area contributed by atoms with Crippen LogP contribution in [0.1, 0.15) is 39.5 Å². The molecule has 0 aromatic carbocycles. The van der Waals surface area contributed by atoms with Gasteiger partial charge >= 0.3 is 5.97 Å². The van der Waals surface area contributed by atoms with Crippen LogP contribution < -0.4 is 5.32 Å². The van der Waals surface area contributed by atoms with Gasteiger partial charge in [0.25, 0.3) is 0 Å². The van der Waals surface area contributed by atoms with Gasteiger partial charge in [-0.1, -0.05) is 13.8 Å². The number of ether oxygens (including phenoxy) is 1. The van der Waals surface area contributed by atoms with Crippen molar-refractivity contribution < 1.29 is 9.53 Å². The van der Waals surface area contributed by atoms with Gasteiger partial charge in [-0.2, -0.15) is 0 Å². The standard InChI is InChI=1S/C12H23NO2/c1-10(2)9-12(14)15-8-5-11-3-6-13-7-4-11/h10-11,13H,3-9H2,1-2H3. The third kappa shape index (κ3) is 5.78. The number of carbonyl (C=O) groups excluding carboxylic acids is 1. The van der Waals surface area contributed by atoms with Gasteiger partial charge in [-0.25, -0.2) is 0 Å². The van der Waals surface area contributed by atoms with E-state index >= 15 is 0 Å². The molecule has 0 bridgehead atoms. The fourth-order valence-electron chi connectivity index (χ4n) is 1.90. The Kier molecular flexibility index (Phi) is 5.69. The van der Waals surface area contributed by atoms with Gasteiger partial charge in [-0.05, 0) is 44.2 Å². The molecule has 1 fully saturated rings. The maximum absolute atomic E-state index is 11.3. The minimum atomic E-state index is -0.0427. The molecular weight excluding hydrogens is 190 g/mol. The highest BCUT2D eigenvalue weighted by atomic mass is 16.5. The molecule has 88 valence electrons. The lowest BCUT2D eigenvalue weighted by atomic mass is 9.95. The average Bonchev–Trinajstić information content (AvgIpc) is 2.18. The van der Waals surface area contributed by atoms with Crippen LogP contribution in [0.25, 0.3) is 0 Å². The number of hydrogen-bond acceptors (Lipinski definition) is 3. The van der Waals surface area contributed by atoms with E-state index in [9.17, 15) is 4.79 Å². The summed E-state index contributed by atoms with van der Waals surface area (Å²) in [5.41, 5.74) is 0. The zero-order valence-corrected chi connectivity index (χ0v) is 9.92. The third-order valence-electron chi connectivity index (χ3n) is 2.82. The van der Waals surface area contributed by atoms with Crippen molar-refractivity contribution >= 4 is 5.97 Å². The van der Waals surface area contributed by atoms with E-state index in [1.165, 1.54) is 12.8 Å². The number of esters is 1. The van der Waals surface area contributed by atoms with Crippen LogP contribution in [0.3, 0.4) is 0 Å².